The number of rotatable bonds is 5. The molecular formula is C16H14ClF3N2O2. The molecule has 0 saturated heterocycles. The van der Waals surface area contributed by atoms with Gasteiger partial charge in [0.05, 0.1) is 24.2 Å². The number of hydrogen-bond donors (Lipinski definition) is 2. The highest BCUT2D eigenvalue weighted by Gasteiger charge is 2.33. The van der Waals surface area contributed by atoms with Crippen LogP contribution in [-0.4, -0.2) is 19.6 Å². The minimum absolute atomic E-state index is 0.146. The third-order valence-electron chi connectivity index (χ3n) is 3.08. The zero-order valence-electron chi connectivity index (χ0n) is 12.6. The van der Waals surface area contributed by atoms with E-state index in [0.717, 1.165) is 12.1 Å². The number of carbonyl (C=O) groups excluding carboxylic acids is 1. The molecule has 0 unspecified atom stereocenters. The SMILES string of the molecule is COc1cccc(NC(=O)CNc2ccc(Cl)c(C(F)(F)F)c2)c1. The van der Waals surface area contributed by atoms with Crippen LogP contribution in [0.1, 0.15) is 5.56 Å². The average Bonchev–Trinajstić information content (AvgIpc) is 2.53. The molecule has 0 radical (unpaired) electrons. The topological polar surface area (TPSA) is 50.4 Å². The van der Waals surface area contributed by atoms with Crippen molar-refractivity contribution in [2.24, 2.45) is 0 Å². The average molecular weight is 359 g/mol. The van der Waals surface area contributed by atoms with Gasteiger partial charge in [-0.15, -0.1) is 0 Å². The molecule has 24 heavy (non-hydrogen) atoms. The van der Waals surface area contributed by atoms with E-state index in [0.29, 0.717) is 11.4 Å². The van der Waals surface area contributed by atoms with Crippen molar-refractivity contribution >= 4 is 28.9 Å². The van der Waals surface area contributed by atoms with Gasteiger partial charge in [0.25, 0.3) is 0 Å². The highest BCUT2D eigenvalue weighted by molar-refractivity contribution is 6.31. The summed E-state index contributed by atoms with van der Waals surface area (Å²) in [6.07, 6.45) is -4.56. The first kappa shape index (κ1) is 17.9. The van der Waals surface area contributed by atoms with Crippen LogP contribution in [0.2, 0.25) is 5.02 Å². The van der Waals surface area contributed by atoms with Gasteiger partial charge in [-0.1, -0.05) is 17.7 Å². The minimum Gasteiger partial charge on any atom is -0.497 e. The molecule has 2 rings (SSSR count). The molecule has 0 aliphatic heterocycles. The first-order chi connectivity index (χ1) is 11.3. The maximum Gasteiger partial charge on any atom is 0.417 e. The predicted molar refractivity (Wildman–Crippen MR) is 86.6 cm³/mol. The van der Waals surface area contributed by atoms with Crippen LogP contribution in [-0.2, 0) is 11.0 Å². The fourth-order valence-electron chi connectivity index (χ4n) is 1.94. The largest absolute Gasteiger partial charge is 0.497 e. The Morgan fingerprint density at radius 2 is 1.92 bits per heavy atom. The summed E-state index contributed by atoms with van der Waals surface area (Å²) in [6, 6.07) is 10.1. The van der Waals surface area contributed by atoms with Gasteiger partial charge in [-0.05, 0) is 30.3 Å². The lowest BCUT2D eigenvalue weighted by molar-refractivity contribution is -0.137. The Morgan fingerprint density at radius 1 is 1.17 bits per heavy atom. The minimum atomic E-state index is -4.56. The molecule has 8 heteroatoms. The summed E-state index contributed by atoms with van der Waals surface area (Å²) in [6.45, 7) is -0.198. The van der Waals surface area contributed by atoms with Gasteiger partial charge in [0.1, 0.15) is 5.75 Å². The zero-order valence-corrected chi connectivity index (χ0v) is 13.3. The first-order valence-corrected chi connectivity index (χ1v) is 7.22. The summed E-state index contributed by atoms with van der Waals surface area (Å²) in [5.74, 6) is 0.167. The molecule has 2 aromatic carbocycles. The van der Waals surface area contributed by atoms with Gasteiger partial charge in [0, 0.05) is 17.4 Å². The smallest absolute Gasteiger partial charge is 0.417 e. The molecule has 0 aliphatic carbocycles. The van der Waals surface area contributed by atoms with Crippen molar-refractivity contribution in [1.29, 1.82) is 0 Å². The Hall–Kier alpha value is -2.41. The lowest BCUT2D eigenvalue weighted by atomic mass is 10.2. The van der Waals surface area contributed by atoms with E-state index in [9.17, 15) is 18.0 Å². The fourth-order valence-corrected chi connectivity index (χ4v) is 2.17. The van der Waals surface area contributed by atoms with E-state index in [2.05, 4.69) is 10.6 Å². The number of methoxy groups -OCH3 is 1. The number of benzene rings is 2. The number of hydrogen-bond acceptors (Lipinski definition) is 3. The number of amides is 1. The van der Waals surface area contributed by atoms with Crippen LogP contribution in [0.5, 0.6) is 5.75 Å². The first-order valence-electron chi connectivity index (χ1n) is 6.84. The van der Waals surface area contributed by atoms with Crippen molar-refractivity contribution in [2.45, 2.75) is 6.18 Å². The normalized spacial score (nSPS) is 11.0. The molecule has 0 heterocycles. The van der Waals surface area contributed by atoms with Crippen molar-refractivity contribution in [2.75, 3.05) is 24.3 Å². The van der Waals surface area contributed by atoms with Gasteiger partial charge in [0.2, 0.25) is 5.91 Å². The maximum atomic E-state index is 12.8. The molecule has 0 spiro atoms. The number of carbonyl (C=O) groups is 1. The van der Waals surface area contributed by atoms with Crippen molar-refractivity contribution in [3.05, 3.63) is 53.1 Å². The maximum absolute atomic E-state index is 12.8. The predicted octanol–water partition coefficient (Wildman–Crippen LogP) is 4.42. The van der Waals surface area contributed by atoms with E-state index < -0.39 is 22.7 Å². The molecule has 1 amide bonds. The summed E-state index contributed by atoms with van der Waals surface area (Å²) >= 11 is 5.54. The standard InChI is InChI=1S/C16H14ClF3N2O2/c1-24-12-4-2-3-11(7-12)22-15(23)9-21-10-5-6-14(17)13(8-10)16(18,19)20/h2-8,21H,9H2,1H3,(H,22,23). The Kier molecular flexibility index (Phi) is 5.56. The molecule has 0 bridgehead atoms. The molecule has 4 nitrogen and oxygen atoms in total. The van der Waals surface area contributed by atoms with Crippen LogP contribution in [0.25, 0.3) is 0 Å². The fraction of sp³-hybridized carbons (Fsp3) is 0.188. The van der Waals surface area contributed by atoms with Crippen molar-refractivity contribution in [3.63, 3.8) is 0 Å². The third kappa shape index (κ3) is 4.79. The summed E-state index contributed by atoms with van der Waals surface area (Å²) in [5.41, 5.74) is -0.289. The van der Waals surface area contributed by atoms with Crippen LogP contribution < -0.4 is 15.4 Å². The number of nitrogens with one attached hydrogen (secondary N) is 2. The van der Waals surface area contributed by atoms with E-state index in [1.807, 2.05) is 0 Å². The molecule has 0 aliphatic rings. The second kappa shape index (κ2) is 7.44. The zero-order chi connectivity index (χ0) is 17.7. The van der Waals surface area contributed by atoms with Gasteiger partial charge in [-0.3, -0.25) is 4.79 Å². The van der Waals surface area contributed by atoms with Crippen LogP contribution >= 0.6 is 11.6 Å². The third-order valence-corrected chi connectivity index (χ3v) is 3.41. The Bertz CT molecular complexity index is 736. The van der Waals surface area contributed by atoms with Crippen LogP contribution in [0.4, 0.5) is 24.5 Å². The number of halogens is 4. The van der Waals surface area contributed by atoms with E-state index >= 15 is 0 Å². The number of ether oxygens (including phenoxy) is 1. The second-order valence-corrected chi connectivity index (χ2v) is 5.23. The summed E-state index contributed by atoms with van der Waals surface area (Å²) < 4.78 is 43.4. The van der Waals surface area contributed by atoms with Crippen LogP contribution in [0.15, 0.2) is 42.5 Å². The van der Waals surface area contributed by atoms with Gasteiger partial charge in [-0.25, -0.2) is 0 Å². The van der Waals surface area contributed by atoms with E-state index in [1.165, 1.54) is 13.2 Å². The Balaban J connectivity index is 1.99. The highest BCUT2D eigenvalue weighted by atomic mass is 35.5. The van der Waals surface area contributed by atoms with E-state index in [-0.39, 0.29) is 12.2 Å². The molecule has 2 N–H and O–H groups in total. The lowest BCUT2D eigenvalue weighted by Gasteiger charge is -2.12. The van der Waals surface area contributed by atoms with Gasteiger partial charge in [0.15, 0.2) is 0 Å². The number of alkyl halides is 3. The van der Waals surface area contributed by atoms with E-state index in [4.69, 9.17) is 16.3 Å². The van der Waals surface area contributed by atoms with E-state index in [1.54, 1.807) is 24.3 Å². The molecule has 0 atom stereocenters. The van der Waals surface area contributed by atoms with Crippen molar-refractivity contribution in [1.82, 2.24) is 0 Å². The summed E-state index contributed by atoms with van der Waals surface area (Å²) in [7, 11) is 1.50. The second-order valence-electron chi connectivity index (χ2n) is 4.83. The van der Waals surface area contributed by atoms with Gasteiger partial charge >= 0.3 is 6.18 Å². The van der Waals surface area contributed by atoms with Crippen LogP contribution in [0, 0.1) is 0 Å². The molecule has 0 saturated carbocycles. The summed E-state index contributed by atoms with van der Waals surface area (Å²) in [4.78, 5) is 11.9. The Labute approximate surface area is 141 Å². The van der Waals surface area contributed by atoms with Gasteiger partial charge < -0.3 is 15.4 Å². The van der Waals surface area contributed by atoms with Gasteiger partial charge in [-0.2, -0.15) is 13.2 Å². The number of anilines is 2. The Morgan fingerprint density at radius 3 is 2.58 bits per heavy atom. The molecular weight excluding hydrogens is 345 g/mol. The molecule has 128 valence electrons. The molecule has 0 aromatic heterocycles. The lowest BCUT2D eigenvalue weighted by Crippen LogP contribution is -2.22. The van der Waals surface area contributed by atoms with Crippen LogP contribution in [0.3, 0.4) is 0 Å². The highest BCUT2D eigenvalue weighted by Crippen LogP contribution is 2.36. The monoisotopic (exact) mass is 358 g/mol. The summed E-state index contributed by atoms with van der Waals surface area (Å²) in [5, 5.41) is 4.85. The molecule has 2 aromatic rings. The molecule has 0 fully saturated rings. The van der Waals surface area contributed by atoms with Crippen molar-refractivity contribution in [3.8, 4) is 5.75 Å². The van der Waals surface area contributed by atoms with Crippen molar-refractivity contribution < 1.29 is 22.7 Å². The quantitative estimate of drug-likeness (QED) is 0.832.